The number of hydrogen-bond donors (Lipinski definition) is 3. The van der Waals surface area contributed by atoms with Gasteiger partial charge in [-0.3, -0.25) is 10.6 Å². The Morgan fingerprint density at radius 1 is 1.26 bits per heavy atom. The zero-order valence-electron chi connectivity index (χ0n) is 10.8. The lowest BCUT2D eigenvalue weighted by molar-refractivity contribution is 0.0730. The van der Waals surface area contributed by atoms with E-state index in [0.29, 0.717) is 17.2 Å². The number of rotatable bonds is 4. The second kappa shape index (κ2) is 5.19. The maximum Gasteiger partial charge on any atom is 0.253 e. The minimum Gasteiger partial charge on any atom is -0.376 e. The first-order chi connectivity index (χ1) is 9.29. The van der Waals surface area contributed by atoms with Crippen molar-refractivity contribution in [1.29, 1.82) is 0 Å². The predicted molar refractivity (Wildman–Crippen MR) is 72.6 cm³/mol. The SMILES string of the molecule is NNc1ccccc1C(=O)NC1CCOC1C1CC1. The first-order valence-electron chi connectivity index (χ1n) is 6.77. The summed E-state index contributed by atoms with van der Waals surface area (Å²) in [4.78, 5) is 12.3. The highest BCUT2D eigenvalue weighted by atomic mass is 16.5. The van der Waals surface area contributed by atoms with Gasteiger partial charge in [0.2, 0.25) is 0 Å². The van der Waals surface area contributed by atoms with Crippen LogP contribution in [0.5, 0.6) is 0 Å². The number of para-hydroxylation sites is 1. The number of hydrogen-bond acceptors (Lipinski definition) is 4. The molecule has 2 unspecified atom stereocenters. The summed E-state index contributed by atoms with van der Waals surface area (Å²) < 4.78 is 5.73. The fraction of sp³-hybridized carbons (Fsp3) is 0.500. The van der Waals surface area contributed by atoms with Crippen molar-refractivity contribution in [1.82, 2.24) is 5.32 Å². The van der Waals surface area contributed by atoms with Gasteiger partial charge in [-0.2, -0.15) is 0 Å². The second-order valence-corrected chi connectivity index (χ2v) is 5.23. The van der Waals surface area contributed by atoms with Crippen LogP contribution < -0.4 is 16.6 Å². The molecule has 1 saturated heterocycles. The van der Waals surface area contributed by atoms with Crippen molar-refractivity contribution < 1.29 is 9.53 Å². The maximum absolute atomic E-state index is 12.3. The van der Waals surface area contributed by atoms with Gasteiger partial charge < -0.3 is 15.5 Å². The number of nitrogens with two attached hydrogens (primary N) is 1. The number of amides is 1. The van der Waals surface area contributed by atoms with Gasteiger partial charge in [0.05, 0.1) is 23.4 Å². The van der Waals surface area contributed by atoms with Gasteiger partial charge in [0.25, 0.3) is 5.91 Å². The molecule has 1 aromatic carbocycles. The monoisotopic (exact) mass is 261 g/mol. The summed E-state index contributed by atoms with van der Waals surface area (Å²) in [6.45, 7) is 0.739. The van der Waals surface area contributed by atoms with Crippen LogP contribution in [0.25, 0.3) is 0 Å². The van der Waals surface area contributed by atoms with Crippen molar-refractivity contribution in [3.05, 3.63) is 29.8 Å². The molecular weight excluding hydrogens is 242 g/mol. The van der Waals surface area contributed by atoms with Gasteiger partial charge in [-0.15, -0.1) is 0 Å². The highest BCUT2D eigenvalue weighted by Gasteiger charge is 2.41. The highest BCUT2D eigenvalue weighted by molar-refractivity contribution is 5.99. The van der Waals surface area contributed by atoms with E-state index < -0.39 is 0 Å². The number of hydrazine groups is 1. The summed E-state index contributed by atoms with van der Waals surface area (Å²) in [6, 6.07) is 7.37. The normalized spacial score (nSPS) is 26.2. The molecule has 2 fully saturated rings. The Morgan fingerprint density at radius 3 is 2.79 bits per heavy atom. The summed E-state index contributed by atoms with van der Waals surface area (Å²) in [5.41, 5.74) is 3.77. The van der Waals surface area contributed by atoms with Gasteiger partial charge in [-0.25, -0.2) is 0 Å². The Hall–Kier alpha value is -1.59. The van der Waals surface area contributed by atoms with Crippen LogP contribution in [0.4, 0.5) is 5.69 Å². The fourth-order valence-corrected chi connectivity index (χ4v) is 2.71. The number of nitrogen functional groups attached to an aromatic ring is 1. The minimum atomic E-state index is -0.0882. The number of nitrogens with one attached hydrogen (secondary N) is 2. The van der Waals surface area contributed by atoms with Crippen LogP contribution in [0.15, 0.2) is 24.3 Å². The van der Waals surface area contributed by atoms with Crippen LogP contribution >= 0.6 is 0 Å². The smallest absolute Gasteiger partial charge is 0.253 e. The zero-order valence-corrected chi connectivity index (χ0v) is 10.8. The third-order valence-electron chi connectivity index (χ3n) is 3.87. The molecule has 1 aromatic rings. The quantitative estimate of drug-likeness (QED) is 0.563. The van der Waals surface area contributed by atoms with Crippen LogP contribution in [-0.2, 0) is 4.74 Å². The topological polar surface area (TPSA) is 76.4 Å². The fourth-order valence-electron chi connectivity index (χ4n) is 2.71. The summed E-state index contributed by atoms with van der Waals surface area (Å²) in [5.74, 6) is 5.97. The maximum atomic E-state index is 12.3. The van der Waals surface area contributed by atoms with E-state index in [1.165, 1.54) is 12.8 Å². The molecule has 0 radical (unpaired) electrons. The molecule has 5 nitrogen and oxygen atoms in total. The molecule has 2 aliphatic rings. The van der Waals surface area contributed by atoms with E-state index in [-0.39, 0.29) is 18.1 Å². The van der Waals surface area contributed by atoms with E-state index in [0.717, 1.165) is 13.0 Å². The van der Waals surface area contributed by atoms with Crippen LogP contribution in [0.3, 0.4) is 0 Å². The first kappa shape index (κ1) is 12.4. The van der Waals surface area contributed by atoms with Crippen molar-refractivity contribution in [3.8, 4) is 0 Å². The van der Waals surface area contributed by atoms with E-state index in [9.17, 15) is 4.79 Å². The molecule has 0 aromatic heterocycles. The molecule has 1 amide bonds. The number of anilines is 1. The number of carbonyl (C=O) groups excluding carboxylic acids is 1. The van der Waals surface area contributed by atoms with E-state index in [1.807, 2.05) is 12.1 Å². The highest BCUT2D eigenvalue weighted by Crippen LogP contribution is 2.38. The predicted octanol–water partition coefficient (Wildman–Crippen LogP) is 1.27. The lowest BCUT2D eigenvalue weighted by Gasteiger charge is -2.20. The van der Waals surface area contributed by atoms with Crippen molar-refractivity contribution in [3.63, 3.8) is 0 Å². The zero-order chi connectivity index (χ0) is 13.2. The van der Waals surface area contributed by atoms with Crippen molar-refractivity contribution in [2.24, 2.45) is 11.8 Å². The molecule has 1 aliphatic carbocycles. The molecule has 0 spiro atoms. The molecule has 102 valence electrons. The molecule has 1 heterocycles. The summed E-state index contributed by atoms with van der Waals surface area (Å²) >= 11 is 0. The third kappa shape index (κ3) is 2.57. The Kier molecular flexibility index (Phi) is 3.40. The molecule has 3 rings (SSSR count). The third-order valence-corrected chi connectivity index (χ3v) is 3.87. The van der Waals surface area contributed by atoms with Gasteiger partial charge in [0.15, 0.2) is 0 Å². The van der Waals surface area contributed by atoms with Crippen LogP contribution in [-0.4, -0.2) is 24.7 Å². The summed E-state index contributed by atoms with van der Waals surface area (Å²) in [5, 5.41) is 3.08. The Bertz CT molecular complexity index is 474. The van der Waals surface area contributed by atoms with Gasteiger partial charge in [0.1, 0.15) is 0 Å². The Labute approximate surface area is 112 Å². The lowest BCUT2D eigenvalue weighted by atomic mass is 10.1. The number of carbonyl (C=O) groups is 1. The van der Waals surface area contributed by atoms with Gasteiger partial charge in [-0.05, 0) is 37.3 Å². The first-order valence-corrected chi connectivity index (χ1v) is 6.77. The van der Waals surface area contributed by atoms with Crippen LogP contribution in [0.1, 0.15) is 29.6 Å². The van der Waals surface area contributed by atoms with E-state index >= 15 is 0 Å². The Balaban J connectivity index is 1.70. The largest absolute Gasteiger partial charge is 0.376 e. The molecule has 0 bridgehead atoms. The Morgan fingerprint density at radius 2 is 2.05 bits per heavy atom. The second-order valence-electron chi connectivity index (χ2n) is 5.23. The molecule has 19 heavy (non-hydrogen) atoms. The van der Waals surface area contributed by atoms with Crippen molar-refractivity contribution in [2.45, 2.75) is 31.4 Å². The van der Waals surface area contributed by atoms with E-state index in [1.54, 1.807) is 12.1 Å². The van der Waals surface area contributed by atoms with Crippen molar-refractivity contribution in [2.75, 3.05) is 12.0 Å². The minimum absolute atomic E-state index is 0.0882. The van der Waals surface area contributed by atoms with Gasteiger partial charge in [0, 0.05) is 6.61 Å². The summed E-state index contributed by atoms with van der Waals surface area (Å²) in [6.07, 6.45) is 3.53. The number of benzene rings is 1. The molecule has 4 N–H and O–H groups in total. The molecule has 1 aliphatic heterocycles. The van der Waals surface area contributed by atoms with Crippen LogP contribution in [0, 0.1) is 5.92 Å². The van der Waals surface area contributed by atoms with Gasteiger partial charge in [-0.1, -0.05) is 12.1 Å². The van der Waals surface area contributed by atoms with E-state index in [4.69, 9.17) is 10.6 Å². The molecule has 2 atom stereocenters. The standard InChI is InChI=1S/C14H19N3O2/c15-17-11-4-2-1-3-10(11)14(18)16-12-7-8-19-13(12)9-5-6-9/h1-4,9,12-13,17H,5-8,15H2,(H,16,18). The van der Waals surface area contributed by atoms with Gasteiger partial charge >= 0.3 is 0 Å². The summed E-state index contributed by atoms with van der Waals surface area (Å²) in [7, 11) is 0. The molecule has 5 heteroatoms. The number of ether oxygens (including phenoxy) is 1. The lowest BCUT2D eigenvalue weighted by Crippen LogP contribution is -2.41. The molecular formula is C14H19N3O2. The molecule has 1 saturated carbocycles. The average Bonchev–Trinajstić information content (AvgIpc) is 3.19. The van der Waals surface area contributed by atoms with Crippen molar-refractivity contribution >= 4 is 11.6 Å². The van der Waals surface area contributed by atoms with Crippen LogP contribution in [0.2, 0.25) is 0 Å². The van der Waals surface area contributed by atoms with E-state index in [2.05, 4.69) is 10.7 Å². The average molecular weight is 261 g/mol.